The largest absolute Gasteiger partial charge is 0.495 e. The van der Waals surface area contributed by atoms with E-state index in [1.807, 2.05) is 0 Å². The molecule has 1 aromatic heterocycles. The number of carbonyl (C=O) groups excluding carboxylic acids is 1. The van der Waals surface area contributed by atoms with Gasteiger partial charge in [-0.3, -0.25) is 9.52 Å². The van der Waals surface area contributed by atoms with Crippen molar-refractivity contribution in [3.8, 4) is 5.75 Å². The molecule has 0 atom stereocenters. The molecule has 0 fully saturated rings. The molecule has 4 aromatic rings. The lowest BCUT2D eigenvalue weighted by atomic mass is 10.1. The molecule has 11 heteroatoms. The van der Waals surface area contributed by atoms with Crippen LogP contribution in [0.15, 0.2) is 81.3 Å². The number of rotatable bonds is 10. The molecule has 0 bridgehead atoms. The highest BCUT2D eigenvalue weighted by Gasteiger charge is 2.19. The lowest BCUT2D eigenvalue weighted by molar-refractivity contribution is -0.118. The van der Waals surface area contributed by atoms with Crippen molar-refractivity contribution in [2.45, 2.75) is 16.5 Å². The molecule has 1 amide bonds. The lowest BCUT2D eigenvalue weighted by Crippen LogP contribution is -2.27. The van der Waals surface area contributed by atoms with Crippen LogP contribution in [0.3, 0.4) is 0 Å². The van der Waals surface area contributed by atoms with E-state index in [0.717, 1.165) is 17.3 Å². The lowest BCUT2D eigenvalue weighted by Gasteiger charge is -2.11. The number of fused-ring (bicyclic) bond motifs is 1. The molecule has 0 spiro atoms. The predicted molar refractivity (Wildman–Crippen MR) is 132 cm³/mol. The molecule has 2 N–H and O–H groups in total. The molecule has 1 heterocycles. The summed E-state index contributed by atoms with van der Waals surface area (Å²) < 4.78 is 52.0. The second-order valence-corrected chi connectivity index (χ2v) is 10.0. The van der Waals surface area contributed by atoms with E-state index >= 15 is 0 Å². The Labute approximate surface area is 205 Å². The van der Waals surface area contributed by atoms with E-state index in [2.05, 4.69) is 15.0 Å². The zero-order valence-electron chi connectivity index (χ0n) is 18.7. The molecule has 35 heavy (non-hydrogen) atoms. The van der Waals surface area contributed by atoms with E-state index in [1.165, 1.54) is 37.4 Å². The van der Waals surface area contributed by atoms with Crippen LogP contribution in [-0.4, -0.2) is 38.7 Å². The van der Waals surface area contributed by atoms with Crippen LogP contribution in [0.2, 0.25) is 0 Å². The van der Waals surface area contributed by atoms with Crippen LogP contribution in [0.5, 0.6) is 5.75 Å². The third-order valence-electron chi connectivity index (χ3n) is 4.98. The minimum atomic E-state index is -3.89. The third-order valence-corrected chi connectivity index (χ3v) is 7.17. The average molecular weight is 516 g/mol. The maximum Gasteiger partial charge on any atom is 0.262 e. The summed E-state index contributed by atoms with van der Waals surface area (Å²) in [5.74, 6) is -0.0293. The van der Waals surface area contributed by atoms with Crippen molar-refractivity contribution in [1.29, 1.82) is 0 Å². The van der Waals surface area contributed by atoms with Gasteiger partial charge in [-0.2, -0.15) is 0 Å². The molecule has 8 nitrogen and oxygen atoms in total. The third kappa shape index (κ3) is 6.31. The van der Waals surface area contributed by atoms with Gasteiger partial charge in [0.25, 0.3) is 15.2 Å². The number of halogens is 1. The number of hydrogen-bond acceptors (Lipinski definition) is 7. The van der Waals surface area contributed by atoms with Crippen molar-refractivity contribution >= 4 is 44.5 Å². The van der Waals surface area contributed by atoms with Gasteiger partial charge < -0.3 is 14.5 Å². The maximum absolute atomic E-state index is 12.9. The highest BCUT2D eigenvalue weighted by atomic mass is 32.2. The number of sulfonamides is 1. The highest BCUT2D eigenvalue weighted by Crippen LogP contribution is 2.29. The quantitative estimate of drug-likeness (QED) is 0.304. The van der Waals surface area contributed by atoms with Crippen LogP contribution in [-0.2, 0) is 21.2 Å². The van der Waals surface area contributed by atoms with Crippen LogP contribution in [0.1, 0.15) is 5.56 Å². The van der Waals surface area contributed by atoms with Crippen molar-refractivity contribution in [1.82, 2.24) is 10.3 Å². The summed E-state index contributed by atoms with van der Waals surface area (Å²) in [4.78, 5) is 16.4. The average Bonchev–Trinajstić information content (AvgIpc) is 3.26. The Hall–Kier alpha value is -3.57. The van der Waals surface area contributed by atoms with Crippen molar-refractivity contribution in [2.24, 2.45) is 0 Å². The number of ether oxygens (including phenoxy) is 1. The number of methoxy groups -OCH3 is 1. The molecule has 0 aliphatic rings. The molecule has 0 saturated heterocycles. The molecule has 0 radical (unpaired) electrons. The van der Waals surface area contributed by atoms with E-state index in [1.54, 1.807) is 36.4 Å². The van der Waals surface area contributed by atoms with Gasteiger partial charge in [0.05, 0.1) is 23.4 Å². The number of anilines is 1. The molecule has 3 aromatic carbocycles. The predicted octanol–water partition coefficient (Wildman–Crippen LogP) is 4.23. The molecule has 4 rings (SSSR count). The molecule has 182 valence electrons. The Morgan fingerprint density at radius 2 is 1.89 bits per heavy atom. The summed E-state index contributed by atoms with van der Waals surface area (Å²) in [5.41, 5.74) is 1.99. The Bertz CT molecular complexity index is 1440. The normalized spacial score (nSPS) is 11.4. The van der Waals surface area contributed by atoms with Crippen LogP contribution >= 0.6 is 11.8 Å². The second-order valence-electron chi connectivity index (χ2n) is 7.43. The number of benzene rings is 3. The van der Waals surface area contributed by atoms with Crippen LogP contribution < -0.4 is 14.8 Å². The van der Waals surface area contributed by atoms with Crippen molar-refractivity contribution in [3.63, 3.8) is 0 Å². The first-order valence-corrected chi connectivity index (χ1v) is 13.0. The number of para-hydroxylation sites is 2. The number of hydrogen-bond donors (Lipinski definition) is 2. The van der Waals surface area contributed by atoms with Crippen molar-refractivity contribution in [3.05, 3.63) is 78.1 Å². The highest BCUT2D eigenvalue weighted by molar-refractivity contribution is 7.99. The molecule has 0 unspecified atom stereocenters. The summed E-state index contributed by atoms with van der Waals surface area (Å²) >= 11 is 1.10. The molecule has 0 aliphatic heterocycles. The number of nitrogens with one attached hydrogen (secondary N) is 2. The van der Waals surface area contributed by atoms with Gasteiger partial charge >= 0.3 is 0 Å². The number of oxazole rings is 1. The Kier molecular flexibility index (Phi) is 7.57. The van der Waals surface area contributed by atoms with Gasteiger partial charge in [0, 0.05) is 6.54 Å². The first-order chi connectivity index (χ1) is 16.8. The first-order valence-electron chi connectivity index (χ1n) is 10.5. The Balaban J connectivity index is 1.35. The van der Waals surface area contributed by atoms with Gasteiger partial charge in [-0.15, -0.1) is 0 Å². The number of thioether (sulfide) groups is 1. The summed E-state index contributed by atoms with van der Waals surface area (Å²) in [6.45, 7) is 0.416. The van der Waals surface area contributed by atoms with E-state index in [4.69, 9.17) is 9.15 Å². The number of amides is 1. The fourth-order valence-electron chi connectivity index (χ4n) is 3.22. The van der Waals surface area contributed by atoms with E-state index in [0.29, 0.717) is 35.5 Å². The van der Waals surface area contributed by atoms with Crippen molar-refractivity contribution in [2.75, 3.05) is 24.1 Å². The number of nitrogens with zero attached hydrogens (tertiary/aromatic N) is 1. The smallest absolute Gasteiger partial charge is 0.262 e. The fourth-order valence-corrected chi connectivity index (χ4v) is 4.98. The Morgan fingerprint density at radius 1 is 1.11 bits per heavy atom. The topological polar surface area (TPSA) is 111 Å². The first kappa shape index (κ1) is 24.6. The monoisotopic (exact) mass is 515 g/mol. The van der Waals surface area contributed by atoms with Gasteiger partial charge in [-0.05, 0) is 54.4 Å². The zero-order chi connectivity index (χ0) is 24.8. The minimum absolute atomic E-state index is 0.0132. The SMILES string of the molecule is COc1ccccc1NS(=O)(=O)c1ccc2oc(SCC(=O)NCCc3ccc(F)cc3)nc2c1. The van der Waals surface area contributed by atoms with Crippen LogP contribution in [0, 0.1) is 5.82 Å². The summed E-state index contributed by atoms with van der Waals surface area (Å²) in [6.07, 6.45) is 0.583. The van der Waals surface area contributed by atoms with E-state index < -0.39 is 10.0 Å². The van der Waals surface area contributed by atoms with E-state index in [-0.39, 0.29) is 27.6 Å². The second kappa shape index (κ2) is 10.8. The zero-order valence-corrected chi connectivity index (χ0v) is 20.3. The summed E-state index contributed by atoms with van der Waals surface area (Å²) in [6, 6.07) is 17.1. The van der Waals surface area contributed by atoms with Crippen LogP contribution in [0.4, 0.5) is 10.1 Å². The molecular weight excluding hydrogens is 493 g/mol. The van der Waals surface area contributed by atoms with Gasteiger partial charge in [-0.25, -0.2) is 17.8 Å². The van der Waals surface area contributed by atoms with Crippen molar-refractivity contribution < 1.29 is 26.8 Å². The van der Waals surface area contributed by atoms with Gasteiger partial charge in [-0.1, -0.05) is 36.0 Å². The van der Waals surface area contributed by atoms with Gasteiger partial charge in [0.2, 0.25) is 5.91 Å². The van der Waals surface area contributed by atoms with Crippen LogP contribution in [0.25, 0.3) is 11.1 Å². The molecule has 0 aliphatic carbocycles. The fraction of sp³-hybridized carbons (Fsp3) is 0.167. The number of carbonyl (C=O) groups is 1. The van der Waals surface area contributed by atoms with Gasteiger partial charge in [0.15, 0.2) is 5.58 Å². The molecule has 0 saturated carbocycles. The maximum atomic E-state index is 12.9. The van der Waals surface area contributed by atoms with Gasteiger partial charge in [0.1, 0.15) is 17.1 Å². The summed E-state index contributed by atoms with van der Waals surface area (Å²) in [7, 11) is -2.43. The molecular formula is C24H22FN3O5S2. The number of aromatic nitrogens is 1. The van der Waals surface area contributed by atoms with E-state index in [9.17, 15) is 17.6 Å². The standard InChI is InChI=1S/C24H22FN3O5S2/c1-32-21-5-3-2-4-19(21)28-35(30,31)18-10-11-22-20(14-18)27-24(33-22)34-15-23(29)26-13-12-16-6-8-17(25)9-7-16/h2-11,14,28H,12-13,15H2,1H3,(H,26,29). The summed E-state index contributed by atoms with van der Waals surface area (Å²) in [5, 5.41) is 3.04. The minimum Gasteiger partial charge on any atom is -0.495 e. The Morgan fingerprint density at radius 3 is 2.66 bits per heavy atom.